The predicted molar refractivity (Wildman–Crippen MR) is 101 cm³/mol. The Morgan fingerprint density at radius 3 is 2.74 bits per heavy atom. The number of rotatable bonds is 4. The molecule has 2 aromatic rings. The Morgan fingerprint density at radius 2 is 2.00 bits per heavy atom. The van der Waals surface area contributed by atoms with Gasteiger partial charge in [0, 0.05) is 45.0 Å². The number of carbonyl (C=O) groups is 1. The maximum Gasteiger partial charge on any atom is 0.230 e. The summed E-state index contributed by atoms with van der Waals surface area (Å²) in [5.41, 5.74) is 1.47. The van der Waals surface area contributed by atoms with E-state index in [1.54, 1.807) is 12.1 Å². The summed E-state index contributed by atoms with van der Waals surface area (Å²) in [6.45, 7) is 5.61. The Balaban J connectivity index is 1.46. The number of aryl methyl sites for hydroxylation is 1. The average molecular weight is 370 g/mol. The summed E-state index contributed by atoms with van der Waals surface area (Å²) in [5.74, 6) is 0.967. The van der Waals surface area contributed by atoms with E-state index in [4.69, 9.17) is 0 Å². The lowest BCUT2D eigenvalue weighted by molar-refractivity contribution is -0.146. The number of imidazole rings is 1. The number of likely N-dealkylation sites (tertiary alicyclic amines) is 2. The SMILES string of the molecule is Cc1ncc(CN2CCC3(CCCN(Cc4ccccc4F)C3=O)C2)n1C. The molecule has 1 aromatic carbocycles. The van der Waals surface area contributed by atoms with Crippen LogP contribution in [0.5, 0.6) is 0 Å². The summed E-state index contributed by atoms with van der Waals surface area (Å²) in [6.07, 6.45) is 4.73. The number of hydrogen-bond donors (Lipinski definition) is 0. The molecular weight excluding hydrogens is 343 g/mol. The molecule has 27 heavy (non-hydrogen) atoms. The van der Waals surface area contributed by atoms with E-state index in [-0.39, 0.29) is 17.1 Å². The molecule has 2 saturated heterocycles. The zero-order chi connectivity index (χ0) is 19.0. The van der Waals surface area contributed by atoms with Crippen LogP contribution in [0.3, 0.4) is 0 Å². The Labute approximate surface area is 159 Å². The number of piperidine rings is 1. The van der Waals surface area contributed by atoms with Crippen LogP contribution in [-0.4, -0.2) is 44.9 Å². The van der Waals surface area contributed by atoms with Crippen molar-refractivity contribution in [2.75, 3.05) is 19.6 Å². The molecule has 3 heterocycles. The van der Waals surface area contributed by atoms with Crippen LogP contribution in [0, 0.1) is 18.2 Å². The summed E-state index contributed by atoms with van der Waals surface area (Å²) in [4.78, 5) is 21.9. The van der Waals surface area contributed by atoms with Crippen LogP contribution < -0.4 is 0 Å². The van der Waals surface area contributed by atoms with Gasteiger partial charge in [-0.25, -0.2) is 9.37 Å². The summed E-state index contributed by atoms with van der Waals surface area (Å²) >= 11 is 0. The molecule has 2 aliphatic heterocycles. The standard InChI is InChI=1S/C21H27FN4O/c1-16-23-12-18(24(16)2)14-25-11-9-21(15-25)8-5-10-26(20(21)27)13-17-6-3-4-7-19(17)22/h3-4,6-7,12H,5,8-11,13-15H2,1-2H3. The Bertz CT molecular complexity index is 848. The van der Waals surface area contributed by atoms with E-state index in [1.807, 2.05) is 31.1 Å². The van der Waals surface area contributed by atoms with Crippen LogP contribution in [0.4, 0.5) is 4.39 Å². The first-order valence-electron chi connectivity index (χ1n) is 9.71. The van der Waals surface area contributed by atoms with Gasteiger partial charge in [0.1, 0.15) is 11.6 Å². The second kappa shape index (κ2) is 7.08. The van der Waals surface area contributed by atoms with Gasteiger partial charge in [0.2, 0.25) is 5.91 Å². The molecule has 0 N–H and O–H groups in total. The summed E-state index contributed by atoms with van der Waals surface area (Å²) in [6, 6.07) is 6.76. The molecule has 1 unspecified atom stereocenters. The largest absolute Gasteiger partial charge is 0.338 e. The lowest BCUT2D eigenvalue weighted by Crippen LogP contribution is -2.49. The predicted octanol–water partition coefficient (Wildman–Crippen LogP) is 2.88. The highest BCUT2D eigenvalue weighted by molar-refractivity contribution is 5.84. The van der Waals surface area contributed by atoms with Gasteiger partial charge in [0.05, 0.1) is 11.1 Å². The molecule has 1 aromatic heterocycles. The molecule has 1 atom stereocenters. The van der Waals surface area contributed by atoms with Crippen molar-refractivity contribution in [1.29, 1.82) is 0 Å². The van der Waals surface area contributed by atoms with Crippen LogP contribution in [0.2, 0.25) is 0 Å². The number of amides is 1. The average Bonchev–Trinajstić information content (AvgIpc) is 3.20. The van der Waals surface area contributed by atoms with Crippen molar-refractivity contribution in [3.63, 3.8) is 0 Å². The number of nitrogens with zero attached hydrogens (tertiary/aromatic N) is 4. The molecule has 2 aliphatic rings. The van der Waals surface area contributed by atoms with Crippen molar-refractivity contribution in [3.05, 3.63) is 53.4 Å². The minimum Gasteiger partial charge on any atom is -0.338 e. The molecule has 144 valence electrons. The monoisotopic (exact) mass is 370 g/mol. The molecule has 1 spiro atoms. The number of carbonyl (C=O) groups excluding carboxylic acids is 1. The molecule has 2 fully saturated rings. The first-order valence-corrected chi connectivity index (χ1v) is 9.71. The third-order valence-corrected chi connectivity index (χ3v) is 6.28. The molecule has 6 heteroatoms. The number of benzene rings is 1. The normalized spacial score (nSPS) is 23.5. The van der Waals surface area contributed by atoms with Gasteiger partial charge in [-0.15, -0.1) is 0 Å². The molecule has 1 amide bonds. The van der Waals surface area contributed by atoms with Gasteiger partial charge in [-0.2, -0.15) is 0 Å². The van der Waals surface area contributed by atoms with Crippen molar-refractivity contribution in [2.45, 2.75) is 39.3 Å². The van der Waals surface area contributed by atoms with E-state index in [1.165, 1.54) is 11.8 Å². The highest BCUT2D eigenvalue weighted by atomic mass is 19.1. The molecule has 0 aliphatic carbocycles. The fourth-order valence-corrected chi connectivity index (χ4v) is 4.53. The van der Waals surface area contributed by atoms with Gasteiger partial charge in [0.15, 0.2) is 0 Å². The smallest absolute Gasteiger partial charge is 0.230 e. The van der Waals surface area contributed by atoms with Crippen molar-refractivity contribution < 1.29 is 9.18 Å². The minimum absolute atomic E-state index is 0.195. The van der Waals surface area contributed by atoms with Crippen LogP contribution in [-0.2, 0) is 24.9 Å². The highest BCUT2D eigenvalue weighted by Crippen LogP contribution is 2.41. The van der Waals surface area contributed by atoms with Gasteiger partial charge in [-0.3, -0.25) is 9.69 Å². The first-order chi connectivity index (χ1) is 13.0. The summed E-state index contributed by atoms with van der Waals surface area (Å²) in [5, 5.41) is 0. The molecular formula is C21H27FN4O. The maximum absolute atomic E-state index is 14.0. The van der Waals surface area contributed by atoms with E-state index >= 15 is 0 Å². The van der Waals surface area contributed by atoms with E-state index < -0.39 is 0 Å². The zero-order valence-corrected chi connectivity index (χ0v) is 16.1. The minimum atomic E-state index is -0.308. The fourth-order valence-electron chi connectivity index (χ4n) is 4.53. The molecule has 0 saturated carbocycles. The fraction of sp³-hybridized carbons (Fsp3) is 0.524. The van der Waals surface area contributed by atoms with Gasteiger partial charge in [-0.05, 0) is 38.8 Å². The Morgan fingerprint density at radius 1 is 1.19 bits per heavy atom. The van der Waals surface area contributed by atoms with Gasteiger partial charge in [-0.1, -0.05) is 18.2 Å². The molecule has 5 nitrogen and oxygen atoms in total. The van der Waals surface area contributed by atoms with E-state index in [0.29, 0.717) is 12.1 Å². The lowest BCUT2D eigenvalue weighted by Gasteiger charge is -2.39. The van der Waals surface area contributed by atoms with Gasteiger partial charge < -0.3 is 9.47 Å². The number of aromatic nitrogens is 2. The Kier molecular flexibility index (Phi) is 4.76. The second-order valence-electron chi connectivity index (χ2n) is 8.02. The first kappa shape index (κ1) is 18.2. The highest BCUT2D eigenvalue weighted by Gasteiger charge is 2.48. The quantitative estimate of drug-likeness (QED) is 0.831. The maximum atomic E-state index is 14.0. The van der Waals surface area contributed by atoms with Crippen molar-refractivity contribution in [2.24, 2.45) is 12.5 Å². The zero-order valence-electron chi connectivity index (χ0n) is 16.1. The molecule has 0 radical (unpaired) electrons. The number of halogens is 1. The van der Waals surface area contributed by atoms with Crippen LogP contribution in [0.25, 0.3) is 0 Å². The third-order valence-electron chi connectivity index (χ3n) is 6.28. The van der Waals surface area contributed by atoms with Crippen LogP contribution >= 0.6 is 0 Å². The van der Waals surface area contributed by atoms with E-state index in [0.717, 1.165) is 51.3 Å². The lowest BCUT2D eigenvalue weighted by atomic mass is 9.78. The summed E-state index contributed by atoms with van der Waals surface area (Å²) < 4.78 is 16.1. The van der Waals surface area contributed by atoms with E-state index in [9.17, 15) is 9.18 Å². The van der Waals surface area contributed by atoms with Crippen LogP contribution in [0.1, 0.15) is 36.3 Å². The van der Waals surface area contributed by atoms with Crippen molar-refractivity contribution >= 4 is 5.91 Å². The molecule has 4 rings (SSSR count). The molecule has 0 bridgehead atoms. The number of hydrogen-bond acceptors (Lipinski definition) is 3. The van der Waals surface area contributed by atoms with Crippen LogP contribution in [0.15, 0.2) is 30.5 Å². The Hall–Kier alpha value is -2.21. The summed E-state index contributed by atoms with van der Waals surface area (Å²) in [7, 11) is 2.03. The van der Waals surface area contributed by atoms with E-state index in [2.05, 4.69) is 14.5 Å². The van der Waals surface area contributed by atoms with Crippen molar-refractivity contribution in [3.8, 4) is 0 Å². The van der Waals surface area contributed by atoms with Gasteiger partial charge >= 0.3 is 0 Å². The third kappa shape index (κ3) is 3.38. The second-order valence-corrected chi connectivity index (χ2v) is 8.02. The van der Waals surface area contributed by atoms with Crippen molar-refractivity contribution in [1.82, 2.24) is 19.4 Å². The topological polar surface area (TPSA) is 41.4 Å². The van der Waals surface area contributed by atoms with Gasteiger partial charge in [0.25, 0.3) is 0 Å².